The average molecular weight is 181 g/mol. The third kappa shape index (κ3) is 1.90. The number of rotatable bonds is 3. The van der Waals surface area contributed by atoms with Crippen LogP contribution in [0.25, 0.3) is 0 Å². The van der Waals surface area contributed by atoms with Crippen LogP contribution in [0.5, 0.6) is 0 Å². The monoisotopic (exact) mass is 180 g/mol. The van der Waals surface area contributed by atoms with Crippen molar-refractivity contribution >= 4 is 11.6 Å². The lowest BCUT2D eigenvalue weighted by Gasteiger charge is -2.04. The van der Waals surface area contributed by atoms with Crippen molar-refractivity contribution in [1.29, 1.82) is 5.26 Å². The molecule has 0 aliphatic carbocycles. The molecule has 0 aliphatic rings. The van der Waals surface area contributed by atoms with Crippen LogP contribution in [0.3, 0.4) is 0 Å². The van der Waals surface area contributed by atoms with Crippen molar-refractivity contribution in [1.82, 2.24) is 4.57 Å². The molecule has 0 N–H and O–H groups in total. The molecule has 1 aromatic heterocycles. The van der Waals surface area contributed by atoms with Crippen LogP contribution in [0.2, 0.25) is 0 Å². The van der Waals surface area contributed by atoms with Crippen molar-refractivity contribution in [3.8, 4) is 6.07 Å². The second-order valence-corrected chi connectivity index (χ2v) is 2.78. The Hall–Kier alpha value is -1.20. The maximum Gasteiger partial charge on any atom is 0.120 e. The lowest BCUT2D eigenvalue weighted by molar-refractivity contribution is 0.783. The first-order valence-electron chi connectivity index (χ1n) is 3.55. The molecule has 3 heteroatoms. The summed E-state index contributed by atoms with van der Waals surface area (Å²) < 4.78 is 1.82. The predicted octanol–water partition coefficient (Wildman–Crippen LogP) is 2.15. The Morgan fingerprint density at radius 1 is 1.75 bits per heavy atom. The molecule has 62 valence electrons. The summed E-state index contributed by atoms with van der Waals surface area (Å²) in [4.78, 5) is 0. The molecular formula is C9H9ClN2. The Labute approximate surface area is 76.7 Å². The molecule has 0 radical (unpaired) electrons. The fraction of sp³-hybridized carbons (Fsp3) is 0.222. The summed E-state index contributed by atoms with van der Waals surface area (Å²) in [5, 5.41) is 8.66. The first-order chi connectivity index (χ1) is 5.77. The molecule has 2 nitrogen and oxygen atoms in total. The fourth-order valence-electron chi connectivity index (χ4n) is 0.937. The molecule has 0 fully saturated rings. The summed E-state index contributed by atoms with van der Waals surface area (Å²) in [6.07, 6.45) is 1.84. The molecule has 0 atom stereocenters. The van der Waals surface area contributed by atoms with Gasteiger partial charge in [-0.05, 0) is 17.7 Å². The van der Waals surface area contributed by atoms with Gasteiger partial charge in [0.25, 0.3) is 0 Å². The average Bonchev–Trinajstić information content (AvgIpc) is 2.51. The highest BCUT2D eigenvalue weighted by Gasteiger charge is 1.99. The van der Waals surface area contributed by atoms with E-state index in [1.165, 1.54) is 0 Å². The van der Waals surface area contributed by atoms with E-state index in [1.807, 2.05) is 16.8 Å². The number of aromatic nitrogens is 1. The molecule has 0 aliphatic heterocycles. The zero-order valence-electron chi connectivity index (χ0n) is 6.63. The van der Waals surface area contributed by atoms with Crippen molar-refractivity contribution in [2.24, 2.45) is 0 Å². The molecule has 1 heterocycles. The number of halogens is 1. The molecule has 0 bridgehead atoms. The van der Waals surface area contributed by atoms with Gasteiger partial charge in [-0.15, -0.1) is 11.6 Å². The Morgan fingerprint density at radius 2 is 2.50 bits per heavy atom. The highest BCUT2D eigenvalue weighted by atomic mass is 35.5. The third-order valence-corrected chi connectivity index (χ3v) is 1.90. The van der Waals surface area contributed by atoms with E-state index in [4.69, 9.17) is 16.9 Å². The van der Waals surface area contributed by atoms with Crippen LogP contribution in [0.4, 0.5) is 0 Å². The molecule has 0 aromatic carbocycles. The zero-order valence-corrected chi connectivity index (χ0v) is 7.38. The molecular weight excluding hydrogens is 172 g/mol. The number of hydrogen-bond donors (Lipinski definition) is 0. The van der Waals surface area contributed by atoms with Crippen LogP contribution in [0, 0.1) is 11.3 Å². The number of nitriles is 1. The van der Waals surface area contributed by atoms with Crippen LogP contribution in [-0.2, 0) is 6.54 Å². The van der Waals surface area contributed by atoms with Gasteiger partial charge in [-0.1, -0.05) is 6.58 Å². The second-order valence-electron chi connectivity index (χ2n) is 2.52. The molecule has 0 saturated heterocycles. The zero-order chi connectivity index (χ0) is 8.97. The Bertz CT molecular complexity index is 320. The number of allylic oxidation sites excluding steroid dienone is 1. The fourth-order valence-corrected chi connectivity index (χ4v) is 1.02. The standard InChI is InChI=1S/C9H9ClN2/c1-8(5-10)7-12-4-2-3-9(12)6-11/h2-4H,1,5,7H2. The van der Waals surface area contributed by atoms with Gasteiger partial charge in [-0.25, -0.2) is 0 Å². The van der Waals surface area contributed by atoms with Crippen LogP contribution in [0.1, 0.15) is 5.69 Å². The summed E-state index contributed by atoms with van der Waals surface area (Å²) in [7, 11) is 0. The van der Waals surface area contributed by atoms with Crippen LogP contribution < -0.4 is 0 Å². The lowest BCUT2D eigenvalue weighted by Crippen LogP contribution is -2.01. The van der Waals surface area contributed by atoms with Crippen molar-refractivity contribution < 1.29 is 0 Å². The first-order valence-corrected chi connectivity index (χ1v) is 4.09. The van der Waals surface area contributed by atoms with E-state index in [1.54, 1.807) is 6.07 Å². The van der Waals surface area contributed by atoms with E-state index in [0.29, 0.717) is 18.1 Å². The summed E-state index contributed by atoms with van der Waals surface area (Å²) in [6.45, 7) is 4.39. The molecule has 0 saturated carbocycles. The summed E-state index contributed by atoms with van der Waals surface area (Å²) in [5.74, 6) is 0.434. The minimum absolute atomic E-state index is 0.434. The quantitative estimate of drug-likeness (QED) is 0.518. The van der Waals surface area contributed by atoms with Crippen LogP contribution >= 0.6 is 11.6 Å². The van der Waals surface area contributed by atoms with Gasteiger partial charge in [0.1, 0.15) is 11.8 Å². The number of hydrogen-bond acceptors (Lipinski definition) is 1. The van der Waals surface area contributed by atoms with Gasteiger partial charge in [0, 0.05) is 18.6 Å². The molecule has 0 spiro atoms. The minimum atomic E-state index is 0.434. The third-order valence-electron chi connectivity index (χ3n) is 1.53. The lowest BCUT2D eigenvalue weighted by atomic mass is 10.3. The van der Waals surface area contributed by atoms with Gasteiger partial charge < -0.3 is 4.57 Å². The molecule has 0 unspecified atom stereocenters. The topological polar surface area (TPSA) is 28.7 Å². The Kier molecular flexibility index (Phi) is 2.95. The molecule has 12 heavy (non-hydrogen) atoms. The highest BCUT2D eigenvalue weighted by Crippen LogP contribution is 2.05. The van der Waals surface area contributed by atoms with Gasteiger partial charge in [0.15, 0.2) is 0 Å². The first kappa shape index (κ1) is 8.89. The highest BCUT2D eigenvalue weighted by molar-refractivity contribution is 6.19. The molecule has 0 amide bonds. The molecule has 1 aromatic rings. The van der Waals surface area contributed by atoms with Crippen LogP contribution in [0.15, 0.2) is 30.5 Å². The Balaban J connectivity index is 2.76. The normalized spacial score (nSPS) is 9.33. The second kappa shape index (κ2) is 3.99. The van der Waals surface area contributed by atoms with Crippen LogP contribution in [-0.4, -0.2) is 10.4 Å². The minimum Gasteiger partial charge on any atom is -0.335 e. The van der Waals surface area contributed by atoms with Crippen molar-refractivity contribution in [3.05, 3.63) is 36.2 Å². The van der Waals surface area contributed by atoms with Gasteiger partial charge >= 0.3 is 0 Å². The maximum atomic E-state index is 8.66. The maximum absolute atomic E-state index is 8.66. The smallest absolute Gasteiger partial charge is 0.120 e. The van der Waals surface area contributed by atoms with E-state index in [-0.39, 0.29) is 0 Å². The summed E-state index contributed by atoms with van der Waals surface area (Å²) in [6, 6.07) is 5.68. The largest absolute Gasteiger partial charge is 0.335 e. The van der Waals surface area contributed by atoms with E-state index in [0.717, 1.165) is 5.57 Å². The number of nitrogens with zero attached hydrogens (tertiary/aromatic N) is 2. The Morgan fingerprint density at radius 3 is 3.08 bits per heavy atom. The van der Waals surface area contributed by atoms with Crippen molar-refractivity contribution in [2.75, 3.05) is 5.88 Å². The SMILES string of the molecule is C=C(CCl)Cn1cccc1C#N. The van der Waals surface area contributed by atoms with E-state index in [9.17, 15) is 0 Å². The summed E-state index contributed by atoms with van der Waals surface area (Å²) >= 11 is 5.57. The number of alkyl halides is 1. The van der Waals surface area contributed by atoms with Gasteiger partial charge in [0.2, 0.25) is 0 Å². The summed E-state index contributed by atoms with van der Waals surface area (Å²) in [5.41, 5.74) is 1.55. The van der Waals surface area contributed by atoms with Gasteiger partial charge in [-0.2, -0.15) is 5.26 Å². The van der Waals surface area contributed by atoms with E-state index in [2.05, 4.69) is 12.6 Å². The molecule has 1 rings (SSSR count). The van der Waals surface area contributed by atoms with Crippen molar-refractivity contribution in [3.63, 3.8) is 0 Å². The predicted molar refractivity (Wildman–Crippen MR) is 49.0 cm³/mol. The van der Waals surface area contributed by atoms with Crippen molar-refractivity contribution in [2.45, 2.75) is 6.54 Å². The van der Waals surface area contributed by atoms with Gasteiger partial charge in [-0.3, -0.25) is 0 Å². The van der Waals surface area contributed by atoms with Gasteiger partial charge in [0.05, 0.1) is 0 Å². The van der Waals surface area contributed by atoms with E-state index < -0.39 is 0 Å². The van der Waals surface area contributed by atoms with E-state index >= 15 is 0 Å².